The third-order valence-corrected chi connectivity index (χ3v) is 0.425. The zero-order valence-electron chi connectivity index (χ0n) is 3.93. The Morgan fingerprint density at radius 1 is 1.86 bits per heavy atom. The summed E-state index contributed by atoms with van der Waals surface area (Å²) in [6.07, 6.45) is 2.18. The SMILES string of the molecule is [CH2]CC=NOCCl. The van der Waals surface area contributed by atoms with Crippen molar-refractivity contribution in [3.8, 4) is 0 Å². The fourth-order valence-corrected chi connectivity index (χ4v) is 0.190. The molecule has 0 aliphatic heterocycles. The maximum atomic E-state index is 5.08. The largest absolute Gasteiger partial charge is 0.380 e. The molecule has 0 unspecified atom stereocenters. The van der Waals surface area contributed by atoms with Gasteiger partial charge in [-0.15, -0.1) is 0 Å². The number of hydrogen-bond donors (Lipinski definition) is 0. The monoisotopic (exact) mass is 120 g/mol. The lowest BCUT2D eigenvalue weighted by molar-refractivity contribution is 0.194. The van der Waals surface area contributed by atoms with Gasteiger partial charge < -0.3 is 4.84 Å². The number of nitrogens with zero attached hydrogens (tertiary/aromatic N) is 1. The molecule has 0 rings (SSSR count). The van der Waals surface area contributed by atoms with E-state index in [0.29, 0.717) is 6.42 Å². The lowest BCUT2D eigenvalue weighted by atomic mass is 10.6. The van der Waals surface area contributed by atoms with E-state index in [-0.39, 0.29) is 6.07 Å². The van der Waals surface area contributed by atoms with Gasteiger partial charge in [0.1, 0.15) is 0 Å². The van der Waals surface area contributed by atoms with Crippen molar-refractivity contribution in [2.45, 2.75) is 6.42 Å². The van der Waals surface area contributed by atoms with Gasteiger partial charge in [0, 0.05) is 6.21 Å². The molecule has 0 aromatic carbocycles. The molecule has 0 fully saturated rings. The van der Waals surface area contributed by atoms with Crippen molar-refractivity contribution in [3.63, 3.8) is 0 Å². The standard InChI is InChI=1S/C4H7ClNO/c1-2-3-6-7-4-5/h3H,1-2,4H2. The van der Waals surface area contributed by atoms with E-state index in [1.807, 2.05) is 0 Å². The number of halogens is 1. The van der Waals surface area contributed by atoms with Crippen molar-refractivity contribution in [1.82, 2.24) is 0 Å². The molecule has 2 nitrogen and oxygen atoms in total. The first-order valence-corrected chi connectivity index (χ1v) is 2.44. The second-order valence-electron chi connectivity index (χ2n) is 0.815. The van der Waals surface area contributed by atoms with Crippen LogP contribution in [0.3, 0.4) is 0 Å². The van der Waals surface area contributed by atoms with Gasteiger partial charge in [-0.25, -0.2) is 0 Å². The summed E-state index contributed by atoms with van der Waals surface area (Å²) in [5.41, 5.74) is 0. The Balaban J connectivity index is 2.78. The summed E-state index contributed by atoms with van der Waals surface area (Å²) in [5, 5.41) is 3.39. The predicted octanol–water partition coefficient (Wildman–Crippen LogP) is 1.41. The Labute approximate surface area is 48.1 Å². The van der Waals surface area contributed by atoms with Crippen LogP contribution < -0.4 is 0 Å². The molecule has 0 amide bonds. The van der Waals surface area contributed by atoms with Crippen molar-refractivity contribution in [3.05, 3.63) is 6.92 Å². The van der Waals surface area contributed by atoms with Gasteiger partial charge in [-0.3, -0.25) is 0 Å². The van der Waals surface area contributed by atoms with E-state index in [9.17, 15) is 0 Å². The van der Waals surface area contributed by atoms with E-state index in [1.54, 1.807) is 6.21 Å². The number of rotatable bonds is 3. The Hall–Kier alpha value is -0.240. The van der Waals surface area contributed by atoms with Crippen LogP contribution >= 0.6 is 11.6 Å². The van der Waals surface area contributed by atoms with Gasteiger partial charge in [0.05, 0.1) is 0 Å². The van der Waals surface area contributed by atoms with Crippen molar-refractivity contribution in [2.24, 2.45) is 5.16 Å². The van der Waals surface area contributed by atoms with Crippen molar-refractivity contribution >= 4 is 17.8 Å². The summed E-state index contributed by atoms with van der Waals surface area (Å²) in [7, 11) is 0. The molecule has 0 aromatic heterocycles. The number of oxime groups is 1. The molecule has 3 heteroatoms. The smallest absolute Gasteiger partial charge is 0.190 e. The average molecular weight is 121 g/mol. The van der Waals surface area contributed by atoms with Gasteiger partial charge in [-0.05, 0) is 13.3 Å². The van der Waals surface area contributed by atoms with Gasteiger partial charge in [-0.2, -0.15) is 0 Å². The summed E-state index contributed by atoms with van der Waals surface area (Å²) >= 11 is 5.08. The Bertz CT molecular complexity index is 55.7. The first-order valence-electron chi connectivity index (χ1n) is 1.90. The highest BCUT2D eigenvalue weighted by molar-refractivity contribution is 6.17. The second-order valence-corrected chi connectivity index (χ2v) is 1.03. The number of hydrogen-bond acceptors (Lipinski definition) is 2. The van der Waals surface area contributed by atoms with Gasteiger partial charge in [0.15, 0.2) is 6.07 Å². The lowest BCUT2D eigenvalue weighted by Crippen LogP contribution is -1.75. The van der Waals surface area contributed by atoms with Crippen LogP contribution in [0.25, 0.3) is 0 Å². The summed E-state index contributed by atoms with van der Waals surface area (Å²) < 4.78 is 0. The maximum absolute atomic E-state index is 5.08. The third-order valence-electron chi connectivity index (χ3n) is 0.327. The van der Waals surface area contributed by atoms with Gasteiger partial charge in [0.2, 0.25) is 0 Å². The summed E-state index contributed by atoms with van der Waals surface area (Å²) in [5.74, 6) is 0. The first-order chi connectivity index (χ1) is 3.41. The number of alkyl halides is 1. The highest BCUT2D eigenvalue weighted by atomic mass is 35.5. The average Bonchev–Trinajstić information content (AvgIpc) is 1.69. The molecule has 0 heterocycles. The second kappa shape index (κ2) is 5.76. The van der Waals surface area contributed by atoms with E-state index in [1.165, 1.54) is 0 Å². The molecule has 0 saturated carbocycles. The highest BCUT2D eigenvalue weighted by Crippen LogP contribution is 1.77. The fourth-order valence-electron chi connectivity index (χ4n) is 0.134. The minimum atomic E-state index is 0.108. The predicted molar refractivity (Wildman–Crippen MR) is 30.3 cm³/mol. The van der Waals surface area contributed by atoms with E-state index in [0.717, 1.165) is 0 Å². The molecule has 0 atom stereocenters. The van der Waals surface area contributed by atoms with Crippen LogP contribution in [0.5, 0.6) is 0 Å². The highest BCUT2D eigenvalue weighted by Gasteiger charge is 1.67. The Kier molecular flexibility index (Phi) is 5.56. The van der Waals surface area contributed by atoms with E-state index in [2.05, 4.69) is 16.9 Å². The zero-order valence-corrected chi connectivity index (χ0v) is 4.69. The molecule has 0 bridgehead atoms. The fraction of sp³-hybridized carbons (Fsp3) is 0.500. The maximum Gasteiger partial charge on any atom is 0.190 e. The van der Waals surface area contributed by atoms with Crippen LogP contribution in [-0.4, -0.2) is 12.3 Å². The molecule has 7 heavy (non-hydrogen) atoms. The van der Waals surface area contributed by atoms with Crippen molar-refractivity contribution in [1.29, 1.82) is 0 Å². The first kappa shape index (κ1) is 6.76. The van der Waals surface area contributed by atoms with Crippen molar-refractivity contribution in [2.75, 3.05) is 6.07 Å². The van der Waals surface area contributed by atoms with Crippen LogP contribution in [0.4, 0.5) is 0 Å². The summed E-state index contributed by atoms with van der Waals surface area (Å²) in [6.45, 7) is 3.49. The molecule has 1 radical (unpaired) electrons. The molecular formula is C4H7ClNO. The third kappa shape index (κ3) is 5.76. The lowest BCUT2D eigenvalue weighted by Gasteiger charge is -1.84. The Morgan fingerprint density at radius 2 is 2.57 bits per heavy atom. The van der Waals surface area contributed by atoms with Crippen LogP contribution in [0.15, 0.2) is 5.16 Å². The Morgan fingerprint density at radius 3 is 3.00 bits per heavy atom. The van der Waals surface area contributed by atoms with Crippen LogP contribution in [-0.2, 0) is 4.84 Å². The van der Waals surface area contributed by atoms with Crippen molar-refractivity contribution < 1.29 is 4.84 Å². The molecule has 0 aromatic rings. The van der Waals surface area contributed by atoms with Gasteiger partial charge >= 0.3 is 0 Å². The summed E-state index contributed by atoms with van der Waals surface area (Å²) in [4.78, 5) is 4.37. The zero-order chi connectivity index (χ0) is 5.54. The van der Waals surface area contributed by atoms with E-state index in [4.69, 9.17) is 11.6 Å². The molecule has 41 valence electrons. The molecular weight excluding hydrogens is 114 g/mol. The normalized spacial score (nSPS) is 10.0. The van der Waals surface area contributed by atoms with Crippen LogP contribution in [0.1, 0.15) is 6.42 Å². The van der Waals surface area contributed by atoms with Gasteiger partial charge in [-0.1, -0.05) is 16.8 Å². The molecule has 0 spiro atoms. The summed E-state index contributed by atoms with van der Waals surface area (Å²) in [6, 6.07) is 0.108. The minimum Gasteiger partial charge on any atom is -0.380 e. The molecule has 0 aliphatic carbocycles. The minimum absolute atomic E-state index is 0.108. The quantitative estimate of drug-likeness (QED) is 0.314. The molecule has 0 N–H and O–H groups in total. The van der Waals surface area contributed by atoms with E-state index >= 15 is 0 Å². The molecule has 0 saturated heterocycles. The molecule has 0 aliphatic rings. The van der Waals surface area contributed by atoms with E-state index < -0.39 is 0 Å². The van der Waals surface area contributed by atoms with Crippen LogP contribution in [0.2, 0.25) is 0 Å². The van der Waals surface area contributed by atoms with Crippen LogP contribution in [0, 0.1) is 6.92 Å². The van der Waals surface area contributed by atoms with Gasteiger partial charge in [0.25, 0.3) is 0 Å². The topological polar surface area (TPSA) is 21.6 Å².